The summed E-state index contributed by atoms with van der Waals surface area (Å²) < 4.78 is 5.01. The molecular weight excluding hydrogens is 194 g/mol. The summed E-state index contributed by atoms with van der Waals surface area (Å²) >= 11 is 0. The summed E-state index contributed by atoms with van der Waals surface area (Å²) in [6.07, 6.45) is 1.95. The zero-order valence-corrected chi connectivity index (χ0v) is 8.11. The highest BCUT2D eigenvalue weighted by molar-refractivity contribution is 5.86. The highest BCUT2D eigenvalue weighted by Crippen LogP contribution is 2.16. The normalized spacial score (nSPS) is 10.2. The molecule has 0 aliphatic heterocycles. The Morgan fingerprint density at radius 1 is 1.40 bits per heavy atom. The van der Waals surface area contributed by atoms with Gasteiger partial charge in [-0.25, -0.2) is 0 Å². The minimum absolute atomic E-state index is 0.121. The predicted molar refractivity (Wildman–Crippen MR) is 56.5 cm³/mol. The van der Waals surface area contributed by atoms with Gasteiger partial charge in [-0.15, -0.1) is 0 Å². The van der Waals surface area contributed by atoms with E-state index >= 15 is 0 Å². The van der Waals surface area contributed by atoms with Gasteiger partial charge in [-0.1, -0.05) is 0 Å². The number of fused-ring (bicyclic) bond motifs is 1. The average molecular weight is 203 g/mol. The van der Waals surface area contributed by atoms with Crippen molar-refractivity contribution in [2.24, 2.45) is 0 Å². The van der Waals surface area contributed by atoms with Crippen LogP contribution in [0.15, 0.2) is 29.2 Å². The van der Waals surface area contributed by atoms with Crippen LogP contribution in [0.25, 0.3) is 10.9 Å². The van der Waals surface area contributed by atoms with Crippen LogP contribution in [0.5, 0.6) is 5.75 Å². The molecule has 1 aromatic heterocycles. The first-order valence-corrected chi connectivity index (χ1v) is 4.41. The number of hydrogen-bond acceptors (Lipinski definition) is 3. The SMILES string of the molecule is COc1ccc2[nH]cc(C=O)c(=O)c2c1. The first kappa shape index (κ1) is 9.45. The molecule has 0 saturated heterocycles. The Morgan fingerprint density at radius 3 is 2.87 bits per heavy atom. The van der Waals surface area contributed by atoms with Crippen molar-refractivity contribution < 1.29 is 9.53 Å². The van der Waals surface area contributed by atoms with Crippen LogP contribution in [-0.4, -0.2) is 18.4 Å². The van der Waals surface area contributed by atoms with Crippen molar-refractivity contribution in [3.05, 3.63) is 40.2 Å². The molecule has 1 aromatic carbocycles. The largest absolute Gasteiger partial charge is 0.497 e. The van der Waals surface area contributed by atoms with Gasteiger partial charge in [-0.05, 0) is 18.2 Å². The highest BCUT2D eigenvalue weighted by atomic mass is 16.5. The van der Waals surface area contributed by atoms with Crippen molar-refractivity contribution in [2.75, 3.05) is 7.11 Å². The van der Waals surface area contributed by atoms with E-state index in [-0.39, 0.29) is 11.0 Å². The highest BCUT2D eigenvalue weighted by Gasteiger charge is 2.04. The number of nitrogens with one attached hydrogen (secondary N) is 1. The standard InChI is InChI=1S/C11H9NO3/c1-15-8-2-3-10-9(4-8)11(14)7(6-13)5-12-10/h2-6H,1H3,(H,12,14). The molecule has 0 aliphatic rings. The van der Waals surface area contributed by atoms with Crippen LogP contribution in [0.3, 0.4) is 0 Å². The lowest BCUT2D eigenvalue weighted by atomic mass is 10.1. The quantitative estimate of drug-likeness (QED) is 0.749. The van der Waals surface area contributed by atoms with Gasteiger partial charge in [0, 0.05) is 17.1 Å². The van der Waals surface area contributed by atoms with E-state index < -0.39 is 0 Å². The molecule has 2 rings (SSSR count). The molecule has 0 bridgehead atoms. The summed E-state index contributed by atoms with van der Waals surface area (Å²) in [5.74, 6) is 0.594. The lowest BCUT2D eigenvalue weighted by Crippen LogP contribution is -2.09. The van der Waals surface area contributed by atoms with E-state index in [2.05, 4.69) is 4.98 Å². The summed E-state index contributed by atoms with van der Waals surface area (Å²) in [5, 5.41) is 0.457. The van der Waals surface area contributed by atoms with Crippen LogP contribution >= 0.6 is 0 Å². The van der Waals surface area contributed by atoms with Crippen molar-refractivity contribution in [3.63, 3.8) is 0 Å². The molecule has 4 heteroatoms. The number of methoxy groups -OCH3 is 1. The molecule has 0 saturated carbocycles. The lowest BCUT2D eigenvalue weighted by molar-refractivity contribution is 0.112. The third kappa shape index (κ3) is 1.50. The first-order valence-electron chi connectivity index (χ1n) is 4.41. The Labute approximate surface area is 85.5 Å². The van der Waals surface area contributed by atoms with Crippen molar-refractivity contribution in [1.29, 1.82) is 0 Å². The number of aldehydes is 1. The maximum Gasteiger partial charge on any atom is 0.200 e. The van der Waals surface area contributed by atoms with Gasteiger partial charge in [-0.2, -0.15) is 0 Å². The summed E-state index contributed by atoms with van der Waals surface area (Å²) in [5.41, 5.74) is 0.528. The number of rotatable bonds is 2. The van der Waals surface area contributed by atoms with Gasteiger partial charge in [0.1, 0.15) is 5.75 Å². The number of H-pyrrole nitrogens is 1. The zero-order chi connectivity index (χ0) is 10.8. The molecule has 0 spiro atoms. The van der Waals surface area contributed by atoms with Crippen LogP contribution < -0.4 is 10.2 Å². The van der Waals surface area contributed by atoms with Gasteiger partial charge in [0.15, 0.2) is 11.7 Å². The van der Waals surface area contributed by atoms with Gasteiger partial charge < -0.3 is 9.72 Å². The number of benzene rings is 1. The molecule has 15 heavy (non-hydrogen) atoms. The Hall–Kier alpha value is -2.10. The lowest BCUT2D eigenvalue weighted by Gasteiger charge is -2.02. The van der Waals surface area contributed by atoms with E-state index in [4.69, 9.17) is 4.74 Å². The molecule has 1 heterocycles. The van der Waals surface area contributed by atoms with E-state index in [1.807, 2.05) is 0 Å². The summed E-state index contributed by atoms with van der Waals surface area (Å²) in [4.78, 5) is 25.2. The molecule has 0 radical (unpaired) electrons. The summed E-state index contributed by atoms with van der Waals surface area (Å²) in [6.45, 7) is 0. The zero-order valence-electron chi connectivity index (χ0n) is 8.11. The molecule has 0 unspecified atom stereocenters. The van der Waals surface area contributed by atoms with Crippen molar-refractivity contribution in [3.8, 4) is 5.75 Å². The van der Waals surface area contributed by atoms with E-state index in [1.54, 1.807) is 18.2 Å². The fraction of sp³-hybridized carbons (Fsp3) is 0.0909. The van der Waals surface area contributed by atoms with Gasteiger partial charge in [0.05, 0.1) is 12.7 Å². The third-order valence-corrected chi connectivity index (χ3v) is 2.24. The predicted octanol–water partition coefficient (Wildman–Crippen LogP) is 1.35. The Kier molecular flexibility index (Phi) is 2.25. The van der Waals surface area contributed by atoms with Crippen LogP contribution in [0.2, 0.25) is 0 Å². The maximum absolute atomic E-state index is 11.7. The van der Waals surface area contributed by atoms with E-state index in [0.29, 0.717) is 22.9 Å². The van der Waals surface area contributed by atoms with Crippen molar-refractivity contribution in [1.82, 2.24) is 4.98 Å². The van der Waals surface area contributed by atoms with Crippen LogP contribution in [0.1, 0.15) is 10.4 Å². The first-order chi connectivity index (χ1) is 7.26. The number of aromatic amines is 1. The van der Waals surface area contributed by atoms with Gasteiger partial charge in [0.2, 0.25) is 0 Å². The maximum atomic E-state index is 11.7. The fourth-order valence-corrected chi connectivity index (χ4v) is 1.43. The topological polar surface area (TPSA) is 59.2 Å². The summed E-state index contributed by atoms with van der Waals surface area (Å²) in [6, 6.07) is 5.10. The van der Waals surface area contributed by atoms with Crippen LogP contribution in [0.4, 0.5) is 0 Å². The summed E-state index contributed by atoms with van der Waals surface area (Å²) in [7, 11) is 1.53. The van der Waals surface area contributed by atoms with Gasteiger partial charge in [-0.3, -0.25) is 9.59 Å². The second-order valence-electron chi connectivity index (χ2n) is 3.10. The second-order valence-corrected chi connectivity index (χ2v) is 3.10. The Bertz CT molecular complexity index is 572. The number of carbonyl (C=O) groups is 1. The molecule has 4 nitrogen and oxygen atoms in total. The van der Waals surface area contributed by atoms with E-state index in [1.165, 1.54) is 13.3 Å². The molecule has 76 valence electrons. The number of pyridine rings is 1. The molecule has 2 aromatic rings. The van der Waals surface area contributed by atoms with Crippen molar-refractivity contribution in [2.45, 2.75) is 0 Å². The molecule has 0 atom stereocenters. The minimum atomic E-state index is -0.280. The monoisotopic (exact) mass is 203 g/mol. The molecule has 0 aliphatic carbocycles. The third-order valence-electron chi connectivity index (χ3n) is 2.24. The van der Waals surface area contributed by atoms with Gasteiger partial charge >= 0.3 is 0 Å². The van der Waals surface area contributed by atoms with Crippen LogP contribution in [0, 0.1) is 0 Å². The number of carbonyl (C=O) groups excluding carboxylic acids is 1. The Balaban J connectivity index is 2.83. The van der Waals surface area contributed by atoms with E-state index in [0.717, 1.165) is 0 Å². The number of hydrogen-bond donors (Lipinski definition) is 1. The molecule has 0 fully saturated rings. The number of ether oxygens (including phenoxy) is 1. The van der Waals surface area contributed by atoms with E-state index in [9.17, 15) is 9.59 Å². The molecule has 0 amide bonds. The van der Waals surface area contributed by atoms with Gasteiger partial charge in [0.25, 0.3) is 0 Å². The smallest absolute Gasteiger partial charge is 0.200 e. The van der Waals surface area contributed by atoms with Crippen LogP contribution in [-0.2, 0) is 0 Å². The minimum Gasteiger partial charge on any atom is -0.497 e. The second kappa shape index (κ2) is 3.57. The fourth-order valence-electron chi connectivity index (χ4n) is 1.43. The molecule has 1 N–H and O–H groups in total. The molecular formula is C11H9NO3. The Morgan fingerprint density at radius 2 is 2.20 bits per heavy atom. The van der Waals surface area contributed by atoms with Crippen molar-refractivity contribution >= 4 is 17.2 Å². The average Bonchev–Trinajstić information content (AvgIpc) is 2.29. The number of aromatic nitrogens is 1.